The molecule has 3 unspecified atom stereocenters. The van der Waals surface area contributed by atoms with Gasteiger partial charge in [-0.05, 0) is 37.5 Å². The van der Waals surface area contributed by atoms with E-state index in [9.17, 15) is 0 Å². The van der Waals surface area contributed by atoms with E-state index in [0.29, 0.717) is 16.5 Å². The highest BCUT2D eigenvalue weighted by atomic mass is 32.1. The molecule has 1 fully saturated rings. The third-order valence-electron chi connectivity index (χ3n) is 3.14. The zero-order chi connectivity index (χ0) is 11.6. The van der Waals surface area contributed by atoms with Crippen molar-refractivity contribution in [3.05, 3.63) is 0 Å². The van der Waals surface area contributed by atoms with Crippen molar-refractivity contribution < 1.29 is 4.74 Å². The summed E-state index contributed by atoms with van der Waals surface area (Å²) in [6.45, 7) is 8.85. The van der Waals surface area contributed by atoms with Gasteiger partial charge in [-0.1, -0.05) is 33.0 Å². The lowest BCUT2D eigenvalue weighted by molar-refractivity contribution is -0.0357. The monoisotopic (exact) mass is 229 g/mol. The van der Waals surface area contributed by atoms with Crippen LogP contribution in [0.4, 0.5) is 0 Å². The zero-order valence-corrected chi connectivity index (χ0v) is 11.1. The van der Waals surface area contributed by atoms with Gasteiger partial charge in [0.15, 0.2) is 0 Å². The molecule has 1 aliphatic rings. The minimum Gasteiger partial charge on any atom is -0.391 e. The second kappa shape index (κ2) is 4.79. The SMILES string of the molecule is CC1CC(OC(C)C(N)=S)CC(C)(C)C1. The third-order valence-corrected chi connectivity index (χ3v) is 3.48. The van der Waals surface area contributed by atoms with Crippen molar-refractivity contribution >= 4 is 17.2 Å². The summed E-state index contributed by atoms with van der Waals surface area (Å²) in [5.74, 6) is 0.734. The predicted octanol–water partition coefficient (Wildman–Crippen LogP) is 2.89. The van der Waals surface area contributed by atoms with Crippen LogP contribution < -0.4 is 5.73 Å². The van der Waals surface area contributed by atoms with Gasteiger partial charge in [0.1, 0.15) is 11.1 Å². The van der Waals surface area contributed by atoms with E-state index in [2.05, 4.69) is 20.8 Å². The van der Waals surface area contributed by atoms with E-state index in [1.165, 1.54) is 6.42 Å². The molecule has 0 amide bonds. The standard InChI is InChI=1S/C12H23NOS/c1-8-5-10(7-12(3,4)6-8)14-9(2)11(13)15/h8-10H,5-7H2,1-4H3,(H2,13,15). The maximum absolute atomic E-state index is 5.89. The summed E-state index contributed by atoms with van der Waals surface area (Å²) in [6.07, 6.45) is 3.76. The molecule has 0 radical (unpaired) electrons. The van der Waals surface area contributed by atoms with Gasteiger partial charge in [-0.2, -0.15) is 0 Å². The predicted molar refractivity (Wildman–Crippen MR) is 67.9 cm³/mol. The lowest BCUT2D eigenvalue weighted by atomic mass is 9.71. The molecule has 15 heavy (non-hydrogen) atoms. The van der Waals surface area contributed by atoms with Crippen LogP contribution in [0.3, 0.4) is 0 Å². The molecule has 0 aromatic rings. The second-order valence-corrected chi connectivity index (χ2v) is 6.19. The zero-order valence-electron chi connectivity index (χ0n) is 10.2. The third kappa shape index (κ3) is 4.07. The van der Waals surface area contributed by atoms with Gasteiger partial charge in [0.05, 0.1) is 6.10 Å². The highest BCUT2D eigenvalue weighted by Gasteiger charge is 2.33. The minimum absolute atomic E-state index is 0.0916. The Hall–Kier alpha value is -0.150. The molecule has 0 aliphatic heterocycles. The Morgan fingerprint density at radius 3 is 2.53 bits per heavy atom. The van der Waals surface area contributed by atoms with Gasteiger partial charge in [0.25, 0.3) is 0 Å². The number of hydrogen-bond donors (Lipinski definition) is 1. The molecule has 2 N–H and O–H groups in total. The van der Waals surface area contributed by atoms with E-state index in [4.69, 9.17) is 22.7 Å². The Morgan fingerprint density at radius 1 is 1.47 bits per heavy atom. The topological polar surface area (TPSA) is 35.2 Å². The Labute approximate surface area is 98.6 Å². The first-order valence-electron chi connectivity index (χ1n) is 5.75. The van der Waals surface area contributed by atoms with Crippen molar-refractivity contribution in [3.8, 4) is 0 Å². The lowest BCUT2D eigenvalue weighted by Gasteiger charge is -2.39. The molecule has 3 heteroatoms. The van der Waals surface area contributed by atoms with Crippen LogP contribution in [-0.2, 0) is 4.74 Å². The van der Waals surface area contributed by atoms with Crippen molar-refractivity contribution in [2.45, 2.75) is 59.2 Å². The molecule has 1 aliphatic carbocycles. The Kier molecular flexibility index (Phi) is 4.13. The number of hydrogen-bond acceptors (Lipinski definition) is 2. The number of nitrogens with two attached hydrogens (primary N) is 1. The molecule has 2 nitrogen and oxygen atoms in total. The normalized spacial score (nSPS) is 32.3. The molecule has 88 valence electrons. The lowest BCUT2D eigenvalue weighted by Crippen LogP contribution is -2.37. The van der Waals surface area contributed by atoms with Crippen LogP contribution in [0.25, 0.3) is 0 Å². The van der Waals surface area contributed by atoms with Crippen LogP contribution in [0.1, 0.15) is 47.0 Å². The molecule has 0 heterocycles. The second-order valence-electron chi connectivity index (χ2n) is 5.72. The van der Waals surface area contributed by atoms with Crippen molar-refractivity contribution in [2.24, 2.45) is 17.1 Å². The summed E-state index contributed by atoms with van der Waals surface area (Å²) in [7, 11) is 0. The van der Waals surface area contributed by atoms with Gasteiger partial charge in [-0.25, -0.2) is 0 Å². The van der Waals surface area contributed by atoms with Gasteiger partial charge in [0.2, 0.25) is 0 Å². The van der Waals surface area contributed by atoms with Crippen molar-refractivity contribution in [3.63, 3.8) is 0 Å². The minimum atomic E-state index is -0.0916. The van der Waals surface area contributed by atoms with E-state index >= 15 is 0 Å². The fourth-order valence-corrected chi connectivity index (χ4v) is 2.77. The van der Waals surface area contributed by atoms with E-state index in [1.54, 1.807) is 0 Å². The van der Waals surface area contributed by atoms with Gasteiger partial charge >= 0.3 is 0 Å². The molecule has 0 bridgehead atoms. The first-order chi connectivity index (χ1) is 6.80. The van der Waals surface area contributed by atoms with Crippen LogP contribution in [0.5, 0.6) is 0 Å². The van der Waals surface area contributed by atoms with E-state index in [0.717, 1.165) is 18.8 Å². The molecular weight excluding hydrogens is 206 g/mol. The maximum Gasteiger partial charge on any atom is 0.105 e. The van der Waals surface area contributed by atoms with Gasteiger partial charge in [0, 0.05) is 0 Å². The summed E-state index contributed by atoms with van der Waals surface area (Å²) in [4.78, 5) is 0.464. The van der Waals surface area contributed by atoms with Gasteiger partial charge in [-0.15, -0.1) is 0 Å². The molecule has 3 atom stereocenters. The fraction of sp³-hybridized carbons (Fsp3) is 0.917. The van der Waals surface area contributed by atoms with Crippen molar-refractivity contribution in [1.29, 1.82) is 0 Å². The number of thiocarbonyl (C=S) groups is 1. The van der Waals surface area contributed by atoms with E-state index in [-0.39, 0.29) is 6.10 Å². The first kappa shape index (κ1) is 12.9. The van der Waals surface area contributed by atoms with Crippen LogP contribution in [0.15, 0.2) is 0 Å². The largest absolute Gasteiger partial charge is 0.391 e. The smallest absolute Gasteiger partial charge is 0.105 e. The van der Waals surface area contributed by atoms with Crippen LogP contribution in [0, 0.1) is 11.3 Å². The van der Waals surface area contributed by atoms with Crippen molar-refractivity contribution in [2.75, 3.05) is 0 Å². The Balaban J connectivity index is 2.52. The quantitative estimate of drug-likeness (QED) is 0.756. The van der Waals surface area contributed by atoms with Crippen LogP contribution in [-0.4, -0.2) is 17.2 Å². The molecule has 0 aromatic heterocycles. The summed E-state index contributed by atoms with van der Waals surface area (Å²) in [5, 5.41) is 0. The van der Waals surface area contributed by atoms with Gasteiger partial charge < -0.3 is 10.5 Å². The molecule has 0 spiro atoms. The fourth-order valence-electron chi connectivity index (χ4n) is 2.72. The van der Waals surface area contributed by atoms with Crippen molar-refractivity contribution in [1.82, 2.24) is 0 Å². The first-order valence-corrected chi connectivity index (χ1v) is 6.16. The molecule has 1 rings (SSSR count). The summed E-state index contributed by atoms with van der Waals surface area (Å²) >= 11 is 4.93. The van der Waals surface area contributed by atoms with E-state index in [1.807, 2.05) is 6.92 Å². The average Bonchev–Trinajstić information content (AvgIpc) is 1.99. The molecule has 0 aromatic carbocycles. The average molecular weight is 229 g/mol. The Morgan fingerprint density at radius 2 is 2.07 bits per heavy atom. The summed E-state index contributed by atoms with van der Waals surface area (Å²) < 4.78 is 5.89. The highest BCUT2D eigenvalue weighted by molar-refractivity contribution is 7.80. The molecule has 1 saturated carbocycles. The highest BCUT2D eigenvalue weighted by Crippen LogP contribution is 2.39. The van der Waals surface area contributed by atoms with Crippen LogP contribution >= 0.6 is 12.2 Å². The summed E-state index contributed by atoms with van der Waals surface area (Å²) in [6, 6.07) is 0. The number of ether oxygens (including phenoxy) is 1. The van der Waals surface area contributed by atoms with Gasteiger partial charge in [-0.3, -0.25) is 0 Å². The molecule has 0 saturated heterocycles. The molecular formula is C12H23NOS. The maximum atomic E-state index is 5.89. The van der Waals surface area contributed by atoms with Crippen LogP contribution in [0.2, 0.25) is 0 Å². The van der Waals surface area contributed by atoms with E-state index < -0.39 is 0 Å². The number of rotatable bonds is 3. The Bertz CT molecular complexity index is 240. The summed E-state index contributed by atoms with van der Waals surface area (Å²) in [5.41, 5.74) is 5.95.